The zero-order valence-corrected chi connectivity index (χ0v) is 14.2. The van der Waals surface area contributed by atoms with Gasteiger partial charge in [-0.25, -0.2) is 4.79 Å². The maximum absolute atomic E-state index is 11.8. The van der Waals surface area contributed by atoms with Crippen LogP contribution in [0.2, 0.25) is 0 Å². The molecule has 1 aromatic carbocycles. The molecule has 0 unspecified atom stereocenters. The minimum atomic E-state index is -0.695. The van der Waals surface area contributed by atoms with E-state index in [0.29, 0.717) is 11.3 Å². The molecule has 1 amide bonds. The van der Waals surface area contributed by atoms with E-state index in [1.165, 1.54) is 19.2 Å². The Bertz CT molecular complexity index is 767. The Morgan fingerprint density at radius 3 is 2.61 bits per heavy atom. The van der Waals surface area contributed by atoms with Gasteiger partial charge in [0.05, 0.1) is 0 Å². The topological polar surface area (TPSA) is 88.3 Å². The first-order valence-electron chi connectivity index (χ1n) is 6.79. The number of ketones is 1. The summed E-state index contributed by atoms with van der Waals surface area (Å²) in [6.45, 7) is 2.88. The lowest BCUT2D eigenvalue weighted by molar-refractivity contribution is -0.119. The van der Waals surface area contributed by atoms with E-state index >= 15 is 0 Å². The van der Waals surface area contributed by atoms with E-state index in [0.717, 1.165) is 10.0 Å². The molecule has 1 heterocycles. The molecule has 2 N–H and O–H groups in total. The van der Waals surface area contributed by atoms with Crippen LogP contribution in [0.25, 0.3) is 0 Å². The van der Waals surface area contributed by atoms with Crippen LogP contribution < -0.4 is 5.32 Å². The molecule has 0 aliphatic rings. The van der Waals surface area contributed by atoms with E-state index < -0.39 is 18.5 Å². The number of nitrogens with one attached hydrogen (secondary N) is 2. The number of aromatic nitrogens is 1. The van der Waals surface area contributed by atoms with Gasteiger partial charge in [0.25, 0.3) is 5.91 Å². The standard InChI is InChI=1S/C16H15BrN2O4/c1-9-5-12(3-4-13(9)17)19-15(21)8-23-16(22)14-6-11(7-18-14)10(2)20/h3-7,18H,8H2,1-2H3,(H,19,21). The van der Waals surface area contributed by atoms with Crippen LogP contribution in [0.1, 0.15) is 33.3 Å². The van der Waals surface area contributed by atoms with Gasteiger partial charge in [-0.3, -0.25) is 9.59 Å². The van der Waals surface area contributed by atoms with Gasteiger partial charge in [-0.2, -0.15) is 0 Å². The number of rotatable bonds is 5. The summed E-state index contributed by atoms with van der Waals surface area (Å²) < 4.78 is 5.85. The third-order valence-electron chi connectivity index (χ3n) is 3.09. The number of hydrogen-bond acceptors (Lipinski definition) is 4. The third kappa shape index (κ3) is 4.53. The van der Waals surface area contributed by atoms with E-state index in [1.807, 2.05) is 13.0 Å². The van der Waals surface area contributed by atoms with Crippen LogP contribution in [0.15, 0.2) is 34.9 Å². The lowest BCUT2D eigenvalue weighted by Gasteiger charge is -2.07. The molecule has 0 aliphatic carbocycles. The number of Topliss-reactive ketones (excluding diaryl/α,β-unsaturated/α-hetero) is 1. The molecule has 0 aliphatic heterocycles. The molecule has 6 nitrogen and oxygen atoms in total. The van der Waals surface area contributed by atoms with Gasteiger partial charge < -0.3 is 15.0 Å². The summed E-state index contributed by atoms with van der Waals surface area (Å²) in [6.07, 6.45) is 1.42. The summed E-state index contributed by atoms with van der Waals surface area (Å²) in [6, 6.07) is 6.74. The molecule has 7 heteroatoms. The van der Waals surface area contributed by atoms with Crippen molar-refractivity contribution in [1.29, 1.82) is 0 Å². The summed E-state index contributed by atoms with van der Waals surface area (Å²) >= 11 is 3.37. The van der Waals surface area contributed by atoms with Gasteiger partial charge in [0.1, 0.15) is 5.69 Å². The van der Waals surface area contributed by atoms with Crippen molar-refractivity contribution in [2.75, 3.05) is 11.9 Å². The second-order valence-electron chi connectivity index (χ2n) is 4.95. The molecule has 0 spiro atoms. The number of esters is 1. The van der Waals surface area contributed by atoms with Crippen LogP contribution in [0, 0.1) is 6.92 Å². The number of carbonyl (C=O) groups is 3. The normalized spacial score (nSPS) is 10.2. The second-order valence-corrected chi connectivity index (χ2v) is 5.80. The molecule has 0 saturated heterocycles. The number of amides is 1. The third-order valence-corrected chi connectivity index (χ3v) is 3.98. The number of ether oxygens (including phenoxy) is 1. The highest BCUT2D eigenvalue weighted by Gasteiger charge is 2.14. The molecule has 0 fully saturated rings. The molecule has 0 saturated carbocycles. The first-order chi connectivity index (χ1) is 10.9. The van der Waals surface area contributed by atoms with Crippen molar-refractivity contribution < 1.29 is 19.1 Å². The second kappa shape index (κ2) is 7.23. The van der Waals surface area contributed by atoms with E-state index in [9.17, 15) is 14.4 Å². The zero-order chi connectivity index (χ0) is 17.0. The highest BCUT2D eigenvalue weighted by Crippen LogP contribution is 2.19. The summed E-state index contributed by atoms with van der Waals surface area (Å²) in [5.41, 5.74) is 2.10. The Hall–Kier alpha value is -2.41. The Morgan fingerprint density at radius 2 is 2.00 bits per heavy atom. The lowest BCUT2D eigenvalue weighted by atomic mass is 10.2. The van der Waals surface area contributed by atoms with Crippen LogP contribution in [0.3, 0.4) is 0 Å². The smallest absolute Gasteiger partial charge is 0.355 e. The van der Waals surface area contributed by atoms with Crippen LogP contribution in [0.5, 0.6) is 0 Å². The largest absolute Gasteiger partial charge is 0.451 e. The van der Waals surface area contributed by atoms with E-state index in [4.69, 9.17) is 4.74 Å². The first kappa shape index (κ1) is 17.0. The molecule has 0 atom stereocenters. The number of H-pyrrole nitrogens is 1. The van der Waals surface area contributed by atoms with E-state index in [1.54, 1.807) is 12.1 Å². The van der Waals surface area contributed by atoms with Crippen molar-refractivity contribution in [2.45, 2.75) is 13.8 Å². The summed E-state index contributed by atoms with van der Waals surface area (Å²) in [5, 5.41) is 2.64. The molecular weight excluding hydrogens is 364 g/mol. The quantitative estimate of drug-likeness (QED) is 0.617. The molecular formula is C16H15BrN2O4. The molecule has 120 valence electrons. The van der Waals surface area contributed by atoms with Crippen molar-refractivity contribution in [2.24, 2.45) is 0 Å². The Labute approximate surface area is 141 Å². The van der Waals surface area contributed by atoms with E-state index in [-0.39, 0.29) is 11.5 Å². The number of benzene rings is 1. The number of aromatic amines is 1. The molecule has 23 heavy (non-hydrogen) atoms. The fourth-order valence-electron chi connectivity index (χ4n) is 1.84. The summed E-state index contributed by atoms with van der Waals surface area (Å²) in [7, 11) is 0. The van der Waals surface area contributed by atoms with Gasteiger partial charge in [0.2, 0.25) is 0 Å². The minimum Gasteiger partial charge on any atom is -0.451 e. The highest BCUT2D eigenvalue weighted by atomic mass is 79.9. The van der Waals surface area contributed by atoms with Gasteiger partial charge >= 0.3 is 5.97 Å². The SMILES string of the molecule is CC(=O)c1c[nH]c(C(=O)OCC(=O)Nc2ccc(Br)c(C)c2)c1. The summed E-state index contributed by atoms with van der Waals surface area (Å²) in [5.74, 6) is -1.30. The number of anilines is 1. The van der Waals surface area contributed by atoms with Gasteiger partial charge in [0, 0.05) is 21.9 Å². The fraction of sp³-hybridized carbons (Fsp3) is 0.188. The molecule has 0 bridgehead atoms. The molecule has 2 rings (SSSR count). The van der Waals surface area contributed by atoms with Crippen LogP contribution in [-0.4, -0.2) is 29.3 Å². The van der Waals surface area contributed by atoms with Gasteiger partial charge in [-0.05, 0) is 43.7 Å². The van der Waals surface area contributed by atoms with Crippen molar-refractivity contribution in [3.8, 4) is 0 Å². The summed E-state index contributed by atoms with van der Waals surface area (Å²) in [4.78, 5) is 37.4. The number of aryl methyl sites for hydroxylation is 1. The Morgan fingerprint density at radius 1 is 1.26 bits per heavy atom. The van der Waals surface area contributed by atoms with Crippen LogP contribution in [0.4, 0.5) is 5.69 Å². The van der Waals surface area contributed by atoms with Gasteiger partial charge in [-0.15, -0.1) is 0 Å². The number of hydrogen-bond donors (Lipinski definition) is 2. The molecule has 2 aromatic rings. The molecule has 0 radical (unpaired) electrons. The van der Waals surface area contributed by atoms with Crippen LogP contribution >= 0.6 is 15.9 Å². The Balaban J connectivity index is 1.89. The lowest BCUT2D eigenvalue weighted by Crippen LogP contribution is -2.21. The maximum atomic E-state index is 11.8. The van der Waals surface area contributed by atoms with Crippen molar-refractivity contribution in [1.82, 2.24) is 4.98 Å². The monoisotopic (exact) mass is 378 g/mol. The average Bonchev–Trinajstić information content (AvgIpc) is 2.99. The van der Waals surface area contributed by atoms with Crippen molar-refractivity contribution in [3.63, 3.8) is 0 Å². The first-order valence-corrected chi connectivity index (χ1v) is 7.58. The number of carbonyl (C=O) groups excluding carboxylic acids is 3. The van der Waals surface area contributed by atoms with Gasteiger partial charge in [-0.1, -0.05) is 15.9 Å². The van der Waals surface area contributed by atoms with Gasteiger partial charge in [0.15, 0.2) is 12.4 Å². The Kier molecular flexibility index (Phi) is 5.33. The van der Waals surface area contributed by atoms with Crippen LogP contribution in [-0.2, 0) is 9.53 Å². The zero-order valence-electron chi connectivity index (χ0n) is 12.6. The van der Waals surface area contributed by atoms with Crippen molar-refractivity contribution >= 4 is 39.3 Å². The fourth-order valence-corrected chi connectivity index (χ4v) is 2.09. The highest BCUT2D eigenvalue weighted by molar-refractivity contribution is 9.10. The van der Waals surface area contributed by atoms with Crippen molar-refractivity contribution in [3.05, 3.63) is 51.8 Å². The average molecular weight is 379 g/mol. The number of halogens is 1. The minimum absolute atomic E-state index is 0.127. The predicted molar refractivity (Wildman–Crippen MR) is 88.6 cm³/mol. The molecule has 1 aromatic heterocycles. The van der Waals surface area contributed by atoms with E-state index in [2.05, 4.69) is 26.2 Å². The maximum Gasteiger partial charge on any atom is 0.355 e. The predicted octanol–water partition coefficient (Wildman–Crippen LogP) is 3.08.